The van der Waals surface area contributed by atoms with Gasteiger partial charge < -0.3 is 0 Å². The van der Waals surface area contributed by atoms with Gasteiger partial charge in [-0.3, -0.25) is 4.99 Å². The Bertz CT molecular complexity index is 915. The topological polar surface area (TPSA) is 12.4 Å². The molecule has 0 unspecified atom stereocenters. The summed E-state index contributed by atoms with van der Waals surface area (Å²) < 4.78 is 0. The van der Waals surface area contributed by atoms with E-state index in [2.05, 4.69) is 59.6 Å². The van der Waals surface area contributed by atoms with Crippen molar-refractivity contribution in [3.8, 4) is 0 Å². The molecule has 0 N–H and O–H groups in total. The molecule has 0 spiro atoms. The zero-order chi connectivity index (χ0) is 14.8. The van der Waals surface area contributed by atoms with Gasteiger partial charge in [-0.25, -0.2) is 0 Å². The lowest BCUT2D eigenvalue weighted by Crippen LogP contribution is -1.88. The summed E-state index contributed by atoms with van der Waals surface area (Å²) in [5, 5.41) is 4.97. The molecule has 0 amide bonds. The molecule has 1 nitrogen and oxygen atoms in total. The Kier molecular flexibility index (Phi) is 3.17. The van der Waals surface area contributed by atoms with Gasteiger partial charge in [0.15, 0.2) is 0 Å². The van der Waals surface area contributed by atoms with Crippen molar-refractivity contribution in [2.24, 2.45) is 4.99 Å². The van der Waals surface area contributed by atoms with E-state index < -0.39 is 0 Å². The van der Waals surface area contributed by atoms with Crippen LogP contribution < -0.4 is 0 Å². The highest BCUT2D eigenvalue weighted by molar-refractivity contribution is 6.13. The predicted octanol–water partition coefficient (Wildman–Crippen LogP) is 5.74. The quantitative estimate of drug-likeness (QED) is 0.328. The Morgan fingerprint density at radius 1 is 0.591 bits per heavy atom. The molecule has 1 heteroatoms. The molecule has 0 saturated heterocycles. The minimum Gasteiger partial charge on any atom is -0.256 e. The molecule has 0 fully saturated rings. The lowest BCUT2D eigenvalue weighted by Gasteiger charge is -2.07. The second kappa shape index (κ2) is 5.45. The summed E-state index contributed by atoms with van der Waals surface area (Å²) >= 11 is 0. The highest BCUT2D eigenvalue weighted by atomic mass is 14.7. The summed E-state index contributed by atoms with van der Waals surface area (Å²) in [6, 6.07) is 29.2. The minimum atomic E-state index is 0.972. The lowest BCUT2D eigenvalue weighted by molar-refractivity contribution is 1.54. The van der Waals surface area contributed by atoms with Crippen molar-refractivity contribution in [1.29, 1.82) is 0 Å². The van der Waals surface area contributed by atoms with Crippen LogP contribution in [0.4, 0.5) is 5.69 Å². The summed E-state index contributed by atoms with van der Waals surface area (Å²) in [4.78, 5) is 4.65. The van der Waals surface area contributed by atoms with Crippen molar-refractivity contribution >= 4 is 33.4 Å². The third kappa shape index (κ3) is 2.27. The van der Waals surface area contributed by atoms with Gasteiger partial charge in [0.1, 0.15) is 0 Å². The summed E-state index contributed by atoms with van der Waals surface area (Å²) in [7, 11) is 0. The van der Waals surface area contributed by atoms with Crippen LogP contribution in [0.25, 0.3) is 21.5 Å². The summed E-state index contributed by atoms with van der Waals surface area (Å²) in [5.41, 5.74) is 2.15. The standard InChI is InChI=1S/C21H15N/c1-2-10-18(11-3-1)22-15-21-19-12-6-4-8-16(19)14-17-9-5-7-13-20(17)21/h1-15H. The maximum atomic E-state index is 4.65. The van der Waals surface area contributed by atoms with Crippen LogP contribution in [0.15, 0.2) is 89.9 Å². The van der Waals surface area contributed by atoms with E-state index in [0.717, 1.165) is 5.69 Å². The van der Waals surface area contributed by atoms with Gasteiger partial charge in [-0.05, 0) is 39.7 Å². The maximum absolute atomic E-state index is 4.65. The number of hydrogen-bond donors (Lipinski definition) is 0. The van der Waals surface area contributed by atoms with Gasteiger partial charge in [0.2, 0.25) is 0 Å². The molecule has 0 saturated carbocycles. The van der Waals surface area contributed by atoms with Crippen LogP contribution in [-0.2, 0) is 0 Å². The van der Waals surface area contributed by atoms with E-state index in [1.807, 2.05) is 36.5 Å². The highest BCUT2D eigenvalue weighted by Gasteiger charge is 2.05. The predicted molar refractivity (Wildman–Crippen MR) is 95.2 cm³/mol. The second-order valence-corrected chi connectivity index (χ2v) is 5.33. The SMILES string of the molecule is C(=Nc1ccccc1)c1c2ccccc2cc2ccccc12. The first-order valence-corrected chi connectivity index (χ1v) is 7.41. The number of aliphatic imine (C=N–C) groups is 1. The molecule has 0 aliphatic carbocycles. The molecule has 0 aliphatic rings. The first-order chi connectivity index (χ1) is 10.9. The van der Waals surface area contributed by atoms with E-state index in [9.17, 15) is 0 Å². The van der Waals surface area contributed by atoms with Gasteiger partial charge in [0.05, 0.1) is 5.69 Å². The normalized spacial score (nSPS) is 11.5. The molecule has 0 aromatic heterocycles. The Labute approximate surface area is 129 Å². The maximum Gasteiger partial charge on any atom is 0.0629 e. The van der Waals surface area contributed by atoms with Gasteiger partial charge in [0.25, 0.3) is 0 Å². The van der Waals surface area contributed by atoms with Crippen LogP contribution in [0.1, 0.15) is 5.56 Å². The van der Waals surface area contributed by atoms with Gasteiger partial charge in [-0.15, -0.1) is 0 Å². The average molecular weight is 281 g/mol. The Morgan fingerprint density at radius 3 is 1.77 bits per heavy atom. The van der Waals surface area contributed by atoms with Crippen LogP contribution in [0.5, 0.6) is 0 Å². The number of rotatable bonds is 2. The fraction of sp³-hybridized carbons (Fsp3) is 0. The van der Waals surface area contributed by atoms with E-state index in [1.165, 1.54) is 27.1 Å². The molecule has 4 rings (SSSR count). The van der Waals surface area contributed by atoms with Crippen molar-refractivity contribution in [3.05, 3.63) is 90.5 Å². The number of hydrogen-bond acceptors (Lipinski definition) is 1. The largest absolute Gasteiger partial charge is 0.256 e. The van der Waals surface area contributed by atoms with E-state index in [1.54, 1.807) is 0 Å². The molecule has 4 aromatic rings. The number of fused-ring (bicyclic) bond motifs is 2. The monoisotopic (exact) mass is 281 g/mol. The number of para-hydroxylation sites is 1. The number of benzene rings is 4. The Morgan fingerprint density at radius 2 is 1.14 bits per heavy atom. The fourth-order valence-corrected chi connectivity index (χ4v) is 2.84. The average Bonchev–Trinajstić information content (AvgIpc) is 2.59. The molecule has 0 bridgehead atoms. The van der Waals surface area contributed by atoms with Crippen molar-refractivity contribution in [1.82, 2.24) is 0 Å². The summed E-state index contributed by atoms with van der Waals surface area (Å²) in [6.07, 6.45) is 1.99. The molecule has 4 aromatic carbocycles. The lowest BCUT2D eigenvalue weighted by atomic mass is 9.97. The molecule has 104 valence electrons. The summed E-state index contributed by atoms with van der Waals surface area (Å²) in [5.74, 6) is 0. The molecular formula is C21H15N. The second-order valence-electron chi connectivity index (χ2n) is 5.33. The first-order valence-electron chi connectivity index (χ1n) is 7.41. The van der Waals surface area contributed by atoms with E-state index >= 15 is 0 Å². The van der Waals surface area contributed by atoms with Crippen LogP contribution in [0, 0.1) is 0 Å². The minimum absolute atomic E-state index is 0.972. The smallest absolute Gasteiger partial charge is 0.0629 e. The van der Waals surface area contributed by atoms with Gasteiger partial charge in [-0.1, -0.05) is 66.7 Å². The van der Waals surface area contributed by atoms with Gasteiger partial charge >= 0.3 is 0 Å². The molecule has 0 radical (unpaired) electrons. The highest BCUT2D eigenvalue weighted by Crippen LogP contribution is 2.27. The molecule has 22 heavy (non-hydrogen) atoms. The zero-order valence-electron chi connectivity index (χ0n) is 12.1. The van der Waals surface area contributed by atoms with Crippen molar-refractivity contribution in [2.45, 2.75) is 0 Å². The van der Waals surface area contributed by atoms with Crippen LogP contribution >= 0.6 is 0 Å². The van der Waals surface area contributed by atoms with Crippen LogP contribution in [0.3, 0.4) is 0 Å². The number of nitrogens with zero attached hydrogens (tertiary/aromatic N) is 1. The van der Waals surface area contributed by atoms with Gasteiger partial charge in [0, 0.05) is 11.8 Å². The zero-order valence-corrected chi connectivity index (χ0v) is 12.1. The van der Waals surface area contributed by atoms with E-state index in [0.29, 0.717) is 0 Å². The molecule has 0 heterocycles. The van der Waals surface area contributed by atoms with Crippen LogP contribution in [-0.4, -0.2) is 6.21 Å². The van der Waals surface area contributed by atoms with Crippen LogP contribution in [0.2, 0.25) is 0 Å². The van der Waals surface area contributed by atoms with E-state index in [-0.39, 0.29) is 0 Å². The van der Waals surface area contributed by atoms with E-state index in [4.69, 9.17) is 0 Å². The molecule has 0 atom stereocenters. The van der Waals surface area contributed by atoms with Gasteiger partial charge in [-0.2, -0.15) is 0 Å². The molecule has 0 aliphatic heterocycles. The van der Waals surface area contributed by atoms with Crippen molar-refractivity contribution in [2.75, 3.05) is 0 Å². The van der Waals surface area contributed by atoms with Crippen molar-refractivity contribution in [3.63, 3.8) is 0 Å². The first kappa shape index (κ1) is 12.8. The Balaban J connectivity index is 1.98. The third-order valence-corrected chi connectivity index (χ3v) is 3.91. The fourth-order valence-electron chi connectivity index (χ4n) is 2.84. The summed E-state index contributed by atoms with van der Waals surface area (Å²) in [6.45, 7) is 0. The third-order valence-electron chi connectivity index (χ3n) is 3.91. The van der Waals surface area contributed by atoms with Crippen molar-refractivity contribution < 1.29 is 0 Å². The molecular weight excluding hydrogens is 266 g/mol. The Hall–Kier alpha value is -2.93.